The van der Waals surface area contributed by atoms with Gasteiger partial charge in [-0.05, 0) is 18.3 Å². The van der Waals surface area contributed by atoms with E-state index >= 15 is 0 Å². The molecular formula is C10H21N. The Kier molecular flexibility index (Phi) is 4.24. The average Bonchev–Trinajstić information content (AvgIpc) is 1.87. The molecule has 11 heavy (non-hydrogen) atoms. The van der Waals surface area contributed by atoms with Crippen molar-refractivity contribution in [3.63, 3.8) is 0 Å². The monoisotopic (exact) mass is 155 g/mol. The molecule has 0 N–H and O–H groups in total. The van der Waals surface area contributed by atoms with Gasteiger partial charge in [0, 0.05) is 19.8 Å². The second-order valence-electron chi connectivity index (χ2n) is 3.89. The minimum absolute atomic E-state index is 0.741. The zero-order valence-electron chi connectivity index (χ0n) is 8.52. The highest BCUT2D eigenvalue weighted by atomic mass is 15.1. The summed E-state index contributed by atoms with van der Waals surface area (Å²) < 4.78 is 0. The Balaban J connectivity index is 3.76. The summed E-state index contributed by atoms with van der Waals surface area (Å²) in [4.78, 5) is 2.10. The normalized spacial score (nSPS) is 13.3. The SMILES string of the molecule is C=C(C[C@H](C)C(C)C)N(C)C. The third-order valence-corrected chi connectivity index (χ3v) is 2.33. The number of hydrogen-bond acceptors (Lipinski definition) is 1. The van der Waals surface area contributed by atoms with Gasteiger partial charge in [-0.3, -0.25) is 0 Å². The van der Waals surface area contributed by atoms with Crippen molar-refractivity contribution in [2.45, 2.75) is 27.2 Å². The summed E-state index contributed by atoms with van der Waals surface area (Å²) in [5, 5.41) is 0. The van der Waals surface area contributed by atoms with Crippen LogP contribution in [0.2, 0.25) is 0 Å². The van der Waals surface area contributed by atoms with Gasteiger partial charge in [0.2, 0.25) is 0 Å². The highest BCUT2D eigenvalue weighted by Gasteiger charge is 2.08. The fraction of sp³-hybridized carbons (Fsp3) is 0.800. The molecule has 0 heterocycles. The van der Waals surface area contributed by atoms with Crippen molar-refractivity contribution in [2.24, 2.45) is 11.8 Å². The average molecular weight is 155 g/mol. The molecule has 1 nitrogen and oxygen atoms in total. The van der Waals surface area contributed by atoms with Crippen LogP contribution >= 0.6 is 0 Å². The Morgan fingerprint density at radius 2 is 1.73 bits per heavy atom. The Morgan fingerprint density at radius 3 is 2.00 bits per heavy atom. The van der Waals surface area contributed by atoms with Gasteiger partial charge >= 0.3 is 0 Å². The van der Waals surface area contributed by atoms with Gasteiger partial charge in [0.05, 0.1) is 0 Å². The minimum Gasteiger partial charge on any atom is -0.381 e. The molecule has 0 bridgehead atoms. The van der Waals surface area contributed by atoms with E-state index in [0.29, 0.717) is 0 Å². The molecular weight excluding hydrogens is 134 g/mol. The maximum atomic E-state index is 4.00. The summed E-state index contributed by atoms with van der Waals surface area (Å²) in [6, 6.07) is 0. The molecule has 66 valence electrons. The fourth-order valence-corrected chi connectivity index (χ4v) is 0.790. The van der Waals surface area contributed by atoms with Crippen LogP contribution in [0.5, 0.6) is 0 Å². The smallest absolute Gasteiger partial charge is 0.00579 e. The first-order chi connectivity index (χ1) is 4.95. The zero-order valence-corrected chi connectivity index (χ0v) is 8.52. The topological polar surface area (TPSA) is 3.24 Å². The van der Waals surface area contributed by atoms with Gasteiger partial charge in [-0.25, -0.2) is 0 Å². The number of rotatable bonds is 4. The number of nitrogens with zero attached hydrogens (tertiary/aromatic N) is 1. The van der Waals surface area contributed by atoms with E-state index in [9.17, 15) is 0 Å². The molecule has 1 atom stereocenters. The van der Waals surface area contributed by atoms with Crippen LogP contribution in [0.3, 0.4) is 0 Å². The van der Waals surface area contributed by atoms with Crippen molar-refractivity contribution in [3.05, 3.63) is 12.3 Å². The molecule has 0 amide bonds. The summed E-state index contributed by atoms with van der Waals surface area (Å²) in [5.74, 6) is 1.50. The van der Waals surface area contributed by atoms with E-state index in [2.05, 4.69) is 46.3 Å². The van der Waals surface area contributed by atoms with Crippen molar-refractivity contribution in [1.29, 1.82) is 0 Å². The van der Waals surface area contributed by atoms with E-state index in [1.165, 1.54) is 5.70 Å². The summed E-state index contributed by atoms with van der Waals surface area (Å²) in [5.41, 5.74) is 1.23. The van der Waals surface area contributed by atoms with Crippen LogP contribution in [0.1, 0.15) is 27.2 Å². The number of allylic oxidation sites excluding steroid dienone is 1. The summed E-state index contributed by atoms with van der Waals surface area (Å²) in [7, 11) is 4.10. The van der Waals surface area contributed by atoms with Gasteiger partial charge in [-0.1, -0.05) is 27.4 Å². The van der Waals surface area contributed by atoms with Crippen LogP contribution in [0, 0.1) is 11.8 Å². The van der Waals surface area contributed by atoms with Crippen molar-refractivity contribution < 1.29 is 0 Å². The molecule has 0 saturated heterocycles. The third-order valence-electron chi connectivity index (χ3n) is 2.33. The maximum absolute atomic E-state index is 4.00. The molecule has 0 aromatic carbocycles. The highest BCUT2D eigenvalue weighted by molar-refractivity contribution is 4.92. The molecule has 0 rings (SSSR count). The van der Waals surface area contributed by atoms with Crippen molar-refractivity contribution in [1.82, 2.24) is 4.90 Å². The standard InChI is InChI=1S/C10H21N/c1-8(2)9(3)7-10(4)11(5)6/h8-9H,4,7H2,1-3,5-6H3/t9-/m0/s1. The second-order valence-corrected chi connectivity index (χ2v) is 3.89. The lowest BCUT2D eigenvalue weighted by Crippen LogP contribution is -2.14. The molecule has 0 aliphatic rings. The maximum Gasteiger partial charge on any atom is 0.00579 e. The molecule has 0 aliphatic heterocycles. The van der Waals surface area contributed by atoms with E-state index < -0.39 is 0 Å². The van der Waals surface area contributed by atoms with Crippen molar-refractivity contribution in [3.8, 4) is 0 Å². The van der Waals surface area contributed by atoms with E-state index in [0.717, 1.165) is 18.3 Å². The quantitative estimate of drug-likeness (QED) is 0.603. The van der Waals surface area contributed by atoms with E-state index in [1.807, 2.05) is 0 Å². The molecule has 0 aromatic rings. The highest BCUT2D eigenvalue weighted by Crippen LogP contribution is 2.18. The van der Waals surface area contributed by atoms with Gasteiger partial charge in [0.25, 0.3) is 0 Å². The van der Waals surface area contributed by atoms with Gasteiger partial charge < -0.3 is 4.90 Å². The van der Waals surface area contributed by atoms with Gasteiger partial charge in [0.15, 0.2) is 0 Å². The molecule has 0 radical (unpaired) electrons. The molecule has 0 unspecified atom stereocenters. The van der Waals surface area contributed by atoms with Crippen LogP contribution in [0.4, 0.5) is 0 Å². The lowest BCUT2D eigenvalue weighted by molar-refractivity contribution is 0.371. The zero-order chi connectivity index (χ0) is 9.02. The first kappa shape index (κ1) is 10.5. The van der Waals surface area contributed by atoms with E-state index in [-0.39, 0.29) is 0 Å². The summed E-state index contributed by atoms with van der Waals surface area (Å²) >= 11 is 0. The molecule has 1 heteroatoms. The van der Waals surface area contributed by atoms with Gasteiger partial charge in [-0.15, -0.1) is 0 Å². The van der Waals surface area contributed by atoms with Crippen LogP contribution in [-0.2, 0) is 0 Å². The Morgan fingerprint density at radius 1 is 1.27 bits per heavy atom. The first-order valence-corrected chi connectivity index (χ1v) is 4.30. The molecule has 0 aromatic heterocycles. The van der Waals surface area contributed by atoms with Crippen molar-refractivity contribution >= 4 is 0 Å². The predicted molar refractivity (Wildman–Crippen MR) is 51.4 cm³/mol. The van der Waals surface area contributed by atoms with Crippen LogP contribution in [-0.4, -0.2) is 19.0 Å². The molecule has 0 spiro atoms. The predicted octanol–water partition coefficient (Wildman–Crippen LogP) is 2.74. The van der Waals surface area contributed by atoms with Crippen LogP contribution in [0.25, 0.3) is 0 Å². The molecule has 0 aliphatic carbocycles. The largest absolute Gasteiger partial charge is 0.381 e. The fourth-order valence-electron chi connectivity index (χ4n) is 0.790. The summed E-state index contributed by atoms with van der Waals surface area (Å²) in [6.07, 6.45) is 1.12. The first-order valence-electron chi connectivity index (χ1n) is 4.30. The van der Waals surface area contributed by atoms with Crippen molar-refractivity contribution in [2.75, 3.05) is 14.1 Å². The molecule has 0 fully saturated rings. The van der Waals surface area contributed by atoms with Gasteiger partial charge in [-0.2, -0.15) is 0 Å². The van der Waals surface area contributed by atoms with Gasteiger partial charge in [0.1, 0.15) is 0 Å². The van der Waals surface area contributed by atoms with Crippen LogP contribution < -0.4 is 0 Å². The Bertz CT molecular complexity index is 125. The lowest BCUT2D eigenvalue weighted by Gasteiger charge is -2.21. The molecule has 0 saturated carbocycles. The third kappa shape index (κ3) is 4.07. The summed E-state index contributed by atoms with van der Waals surface area (Å²) in [6.45, 7) is 10.8. The van der Waals surface area contributed by atoms with E-state index in [1.54, 1.807) is 0 Å². The van der Waals surface area contributed by atoms with E-state index in [4.69, 9.17) is 0 Å². The lowest BCUT2D eigenvalue weighted by atomic mass is 9.93. The van der Waals surface area contributed by atoms with Crippen LogP contribution in [0.15, 0.2) is 12.3 Å². The Hall–Kier alpha value is -0.460. The number of hydrogen-bond donors (Lipinski definition) is 0. The minimum atomic E-state index is 0.741. The Labute approximate surface area is 71.1 Å². The second kappa shape index (κ2) is 4.42.